The van der Waals surface area contributed by atoms with Crippen molar-refractivity contribution in [1.82, 2.24) is 30.0 Å². The largest absolute Gasteiger partial charge is 0.338 e. The Morgan fingerprint density at radius 1 is 1.30 bits per heavy atom. The molecule has 0 aliphatic carbocycles. The zero-order valence-electron chi connectivity index (χ0n) is 16.7. The summed E-state index contributed by atoms with van der Waals surface area (Å²) in [6.45, 7) is 3.45. The monoisotopic (exact) mass is 421 g/mol. The normalized spacial score (nSPS) is 16.7. The summed E-state index contributed by atoms with van der Waals surface area (Å²) in [4.78, 5) is 27.6. The van der Waals surface area contributed by atoms with Gasteiger partial charge in [0, 0.05) is 37.5 Å². The molecule has 0 radical (unpaired) electrons. The lowest BCUT2D eigenvalue weighted by atomic mass is 9.95. The number of aryl methyl sites for hydroxylation is 1. The third-order valence-electron chi connectivity index (χ3n) is 4.93. The van der Waals surface area contributed by atoms with Crippen LogP contribution in [0.5, 0.6) is 0 Å². The second kappa shape index (κ2) is 9.53. The van der Waals surface area contributed by atoms with E-state index in [4.69, 9.17) is 0 Å². The highest BCUT2D eigenvalue weighted by Gasteiger charge is 2.24. The van der Waals surface area contributed by atoms with E-state index in [1.807, 2.05) is 24.0 Å². The molecule has 1 unspecified atom stereocenters. The van der Waals surface area contributed by atoms with Crippen LogP contribution >= 0.6 is 11.3 Å². The van der Waals surface area contributed by atoms with Gasteiger partial charge in [0.15, 0.2) is 5.82 Å². The molecule has 1 aliphatic rings. The number of carbonyl (C=O) groups is 1. The van der Waals surface area contributed by atoms with Gasteiger partial charge in [0.2, 0.25) is 11.0 Å². The molecule has 1 atom stereocenters. The van der Waals surface area contributed by atoms with Gasteiger partial charge in [-0.3, -0.25) is 14.8 Å². The lowest BCUT2D eigenvalue weighted by Gasteiger charge is -2.31. The number of pyridine rings is 1. The molecular weight excluding hydrogens is 398 g/mol. The van der Waals surface area contributed by atoms with Crippen molar-refractivity contribution in [3.8, 4) is 0 Å². The number of carbonyl (C=O) groups excluding carboxylic acids is 1. The highest BCUT2D eigenvalue weighted by atomic mass is 32.1. The fraction of sp³-hybridized carbons (Fsp3) is 0.333. The van der Waals surface area contributed by atoms with Gasteiger partial charge in [0.1, 0.15) is 5.01 Å². The number of hydrogen-bond donors (Lipinski definition) is 1. The van der Waals surface area contributed by atoms with E-state index in [0.717, 1.165) is 42.1 Å². The number of nitrogens with one attached hydrogen (secondary N) is 1. The molecule has 1 amide bonds. The Labute approximate surface area is 179 Å². The van der Waals surface area contributed by atoms with Crippen molar-refractivity contribution < 1.29 is 4.79 Å². The van der Waals surface area contributed by atoms with Crippen LogP contribution in [-0.4, -0.2) is 49.0 Å². The SMILES string of the molecule is CCc1nnc(Nc2cnc(C3CCCN(C(=O)/C=C/c4cccnc4)C3)cn2)s1. The van der Waals surface area contributed by atoms with E-state index >= 15 is 0 Å². The van der Waals surface area contributed by atoms with E-state index in [9.17, 15) is 4.79 Å². The highest BCUT2D eigenvalue weighted by Crippen LogP contribution is 2.26. The smallest absolute Gasteiger partial charge is 0.246 e. The van der Waals surface area contributed by atoms with E-state index in [-0.39, 0.29) is 11.8 Å². The van der Waals surface area contributed by atoms with Crippen LogP contribution in [0.1, 0.15) is 41.9 Å². The highest BCUT2D eigenvalue weighted by molar-refractivity contribution is 7.15. The number of nitrogens with zero attached hydrogens (tertiary/aromatic N) is 6. The first-order valence-electron chi connectivity index (χ1n) is 9.99. The molecule has 1 N–H and O–H groups in total. The van der Waals surface area contributed by atoms with Crippen molar-refractivity contribution in [3.63, 3.8) is 0 Å². The molecule has 0 saturated carbocycles. The van der Waals surface area contributed by atoms with Crippen molar-refractivity contribution in [2.45, 2.75) is 32.1 Å². The summed E-state index contributed by atoms with van der Waals surface area (Å²) in [6.07, 6.45) is 13.2. The number of aromatic nitrogens is 5. The standard InChI is InChI=1S/C21H23N7OS/c1-2-19-26-27-21(30-19)25-18-13-23-17(12-24-18)16-6-4-10-28(14-16)20(29)8-7-15-5-3-9-22-11-15/h3,5,7-9,11-13,16H,2,4,6,10,14H2,1H3,(H,24,25,27)/b8-7+. The number of likely N-dealkylation sites (tertiary alicyclic amines) is 1. The van der Waals surface area contributed by atoms with E-state index in [1.54, 1.807) is 36.9 Å². The molecule has 1 aliphatic heterocycles. The van der Waals surface area contributed by atoms with Gasteiger partial charge in [-0.1, -0.05) is 24.3 Å². The zero-order valence-corrected chi connectivity index (χ0v) is 17.5. The van der Waals surface area contributed by atoms with Crippen LogP contribution in [0.4, 0.5) is 10.9 Å². The van der Waals surface area contributed by atoms with Crippen molar-refractivity contribution in [2.75, 3.05) is 18.4 Å². The molecule has 3 aromatic heterocycles. The summed E-state index contributed by atoms with van der Waals surface area (Å²) in [5.74, 6) is 0.836. The van der Waals surface area contributed by atoms with E-state index in [2.05, 4.69) is 30.5 Å². The average molecular weight is 422 g/mol. The van der Waals surface area contributed by atoms with Crippen molar-refractivity contribution in [2.24, 2.45) is 0 Å². The predicted molar refractivity (Wildman–Crippen MR) is 116 cm³/mol. The molecule has 1 saturated heterocycles. The predicted octanol–water partition coefficient (Wildman–Crippen LogP) is 3.45. The minimum atomic E-state index is 0.0118. The van der Waals surface area contributed by atoms with Gasteiger partial charge in [0.25, 0.3) is 0 Å². The molecule has 0 bridgehead atoms. The summed E-state index contributed by atoms with van der Waals surface area (Å²) in [6, 6.07) is 3.78. The van der Waals surface area contributed by atoms with Crippen LogP contribution in [0.3, 0.4) is 0 Å². The number of rotatable bonds is 6. The Balaban J connectivity index is 1.36. The molecule has 4 rings (SSSR count). The van der Waals surface area contributed by atoms with Gasteiger partial charge in [-0.2, -0.15) is 0 Å². The number of hydrogen-bond acceptors (Lipinski definition) is 8. The summed E-state index contributed by atoms with van der Waals surface area (Å²) >= 11 is 1.51. The zero-order chi connectivity index (χ0) is 20.8. The summed E-state index contributed by atoms with van der Waals surface area (Å²) in [7, 11) is 0. The maximum atomic E-state index is 12.6. The molecule has 30 heavy (non-hydrogen) atoms. The fourth-order valence-corrected chi connectivity index (χ4v) is 4.02. The Morgan fingerprint density at radius 2 is 2.23 bits per heavy atom. The Morgan fingerprint density at radius 3 is 2.97 bits per heavy atom. The first-order chi connectivity index (χ1) is 14.7. The first kappa shape index (κ1) is 20.1. The Hall–Kier alpha value is -3.20. The quantitative estimate of drug-likeness (QED) is 0.609. The Kier molecular flexibility index (Phi) is 6.38. The molecule has 154 valence electrons. The number of amides is 1. The van der Waals surface area contributed by atoms with Gasteiger partial charge in [-0.05, 0) is 37.0 Å². The van der Waals surface area contributed by atoms with Gasteiger partial charge in [-0.15, -0.1) is 10.2 Å². The third kappa shape index (κ3) is 5.04. The summed E-state index contributed by atoms with van der Waals surface area (Å²) < 4.78 is 0. The van der Waals surface area contributed by atoms with E-state index in [0.29, 0.717) is 17.5 Å². The van der Waals surface area contributed by atoms with E-state index in [1.165, 1.54) is 11.3 Å². The van der Waals surface area contributed by atoms with Gasteiger partial charge < -0.3 is 10.2 Å². The van der Waals surface area contributed by atoms with Crippen molar-refractivity contribution in [1.29, 1.82) is 0 Å². The van der Waals surface area contributed by atoms with E-state index < -0.39 is 0 Å². The summed E-state index contributed by atoms with van der Waals surface area (Å²) in [5, 5.41) is 13.0. The van der Waals surface area contributed by atoms with Crippen LogP contribution in [-0.2, 0) is 11.2 Å². The van der Waals surface area contributed by atoms with Crippen LogP contribution < -0.4 is 5.32 Å². The number of anilines is 2. The minimum absolute atomic E-state index is 0.0118. The molecular formula is C21H23N7OS. The molecule has 0 spiro atoms. The topological polar surface area (TPSA) is 96.8 Å². The molecule has 9 heteroatoms. The van der Waals surface area contributed by atoms with Crippen molar-refractivity contribution in [3.05, 3.63) is 59.3 Å². The molecule has 4 heterocycles. The maximum absolute atomic E-state index is 12.6. The molecule has 3 aromatic rings. The third-order valence-corrected chi connectivity index (χ3v) is 5.91. The maximum Gasteiger partial charge on any atom is 0.246 e. The molecule has 8 nitrogen and oxygen atoms in total. The second-order valence-electron chi connectivity index (χ2n) is 7.05. The average Bonchev–Trinajstić information content (AvgIpc) is 3.26. The van der Waals surface area contributed by atoms with Gasteiger partial charge in [-0.25, -0.2) is 4.98 Å². The minimum Gasteiger partial charge on any atom is -0.338 e. The van der Waals surface area contributed by atoms with Gasteiger partial charge in [0.05, 0.1) is 18.1 Å². The second-order valence-corrected chi connectivity index (χ2v) is 8.11. The van der Waals surface area contributed by atoms with Gasteiger partial charge >= 0.3 is 0 Å². The molecule has 1 fully saturated rings. The first-order valence-corrected chi connectivity index (χ1v) is 10.8. The number of piperidine rings is 1. The lowest BCUT2D eigenvalue weighted by molar-refractivity contribution is -0.127. The van der Waals surface area contributed by atoms with Crippen molar-refractivity contribution >= 4 is 34.3 Å². The molecule has 0 aromatic carbocycles. The van der Waals surface area contributed by atoms with Crippen LogP contribution in [0, 0.1) is 0 Å². The lowest BCUT2D eigenvalue weighted by Crippen LogP contribution is -2.38. The fourth-order valence-electron chi connectivity index (χ4n) is 3.34. The van der Waals surface area contributed by atoms with Crippen LogP contribution in [0.25, 0.3) is 6.08 Å². The van der Waals surface area contributed by atoms with Crippen LogP contribution in [0.2, 0.25) is 0 Å². The Bertz CT molecular complexity index is 1000. The summed E-state index contributed by atoms with van der Waals surface area (Å²) in [5.41, 5.74) is 1.82. The van der Waals surface area contributed by atoms with Crippen LogP contribution in [0.15, 0.2) is 43.0 Å².